The highest BCUT2D eigenvalue weighted by molar-refractivity contribution is 7.92. The fourth-order valence-corrected chi connectivity index (χ4v) is 5.06. The minimum absolute atomic E-state index is 0.101. The number of sulfone groups is 1. The van der Waals surface area contributed by atoms with Gasteiger partial charge in [0.1, 0.15) is 0 Å². The Balaban J connectivity index is 2.28. The van der Waals surface area contributed by atoms with Crippen molar-refractivity contribution in [1.82, 2.24) is 4.72 Å². The average molecular weight is 336 g/mol. The van der Waals surface area contributed by atoms with Gasteiger partial charge in [0, 0.05) is 12.1 Å². The summed E-state index contributed by atoms with van der Waals surface area (Å²) in [4.78, 5) is 9.37. The molecule has 2 rings (SSSR count). The summed E-state index contributed by atoms with van der Waals surface area (Å²) in [7, 11) is -7.35. The van der Waals surface area contributed by atoms with Crippen molar-refractivity contribution in [2.45, 2.75) is 17.4 Å². The van der Waals surface area contributed by atoms with Gasteiger partial charge in [-0.05, 0) is 18.6 Å². The summed E-state index contributed by atoms with van der Waals surface area (Å²) in [6.07, 6.45) is 0.155. The minimum Gasteiger partial charge on any atom is -0.502 e. The molecular formula is C10H12N2O7S2. The number of rotatable bonds is 4. The van der Waals surface area contributed by atoms with Gasteiger partial charge in [0.05, 0.1) is 21.3 Å². The van der Waals surface area contributed by atoms with Crippen LogP contribution in [-0.4, -0.2) is 44.4 Å². The summed E-state index contributed by atoms with van der Waals surface area (Å²) < 4.78 is 48.9. The Morgan fingerprint density at radius 3 is 2.57 bits per heavy atom. The van der Waals surface area contributed by atoms with Gasteiger partial charge in [-0.1, -0.05) is 0 Å². The van der Waals surface area contributed by atoms with E-state index in [2.05, 4.69) is 4.72 Å². The number of hydrogen-bond donors (Lipinski definition) is 2. The molecule has 21 heavy (non-hydrogen) atoms. The summed E-state index contributed by atoms with van der Waals surface area (Å²) in [6.45, 7) is 0. The number of nitro groups is 1. The third-order valence-electron chi connectivity index (χ3n) is 3.01. The Hall–Kier alpha value is -1.72. The predicted molar refractivity (Wildman–Crippen MR) is 72.1 cm³/mol. The number of nitrogens with one attached hydrogen (secondary N) is 1. The van der Waals surface area contributed by atoms with Crippen molar-refractivity contribution in [3.05, 3.63) is 28.3 Å². The molecule has 0 aromatic heterocycles. The van der Waals surface area contributed by atoms with Crippen LogP contribution in [0.2, 0.25) is 0 Å². The van der Waals surface area contributed by atoms with Crippen molar-refractivity contribution >= 4 is 25.5 Å². The Bertz CT molecular complexity index is 786. The van der Waals surface area contributed by atoms with Crippen molar-refractivity contribution < 1.29 is 26.9 Å². The fourth-order valence-electron chi connectivity index (χ4n) is 1.99. The average Bonchev–Trinajstić information content (AvgIpc) is 2.67. The summed E-state index contributed by atoms with van der Waals surface area (Å²) in [6, 6.07) is 1.88. The first-order chi connectivity index (χ1) is 9.61. The molecule has 1 saturated heterocycles. The van der Waals surface area contributed by atoms with Crippen LogP contribution in [0.5, 0.6) is 5.75 Å². The first-order valence-corrected chi connectivity index (χ1v) is 9.11. The second kappa shape index (κ2) is 5.24. The normalized spacial score (nSPS) is 21.2. The third-order valence-corrected chi connectivity index (χ3v) is 6.29. The van der Waals surface area contributed by atoms with E-state index in [1.165, 1.54) is 0 Å². The topological polar surface area (TPSA) is 144 Å². The number of phenolic OH excluding ortho intramolecular Hbond substituents is 1. The first kappa shape index (κ1) is 15.7. The molecule has 1 atom stereocenters. The van der Waals surface area contributed by atoms with Crippen LogP contribution < -0.4 is 4.72 Å². The molecule has 1 fully saturated rings. The molecule has 0 amide bonds. The van der Waals surface area contributed by atoms with Crippen molar-refractivity contribution in [3.63, 3.8) is 0 Å². The zero-order valence-electron chi connectivity index (χ0n) is 10.6. The Morgan fingerprint density at radius 2 is 2.05 bits per heavy atom. The van der Waals surface area contributed by atoms with Crippen LogP contribution in [-0.2, 0) is 19.9 Å². The molecule has 1 aliphatic heterocycles. The number of nitrogens with zero attached hydrogens (tertiary/aromatic N) is 1. The molecule has 0 saturated carbocycles. The van der Waals surface area contributed by atoms with Crippen molar-refractivity contribution in [1.29, 1.82) is 0 Å². The maximum atomic E-state index is 12.1. The van der Waals surface area contributed by atoms with Gasteiger partial charge in [0.25, 0.3) is 0 Å². The molecule has 0 aliphatic carbocycles. The largest absolute Gasteiger partial charge is 0.502 e. The fraction of sp³-hybridized carbons (Fsp3) is 0.400. The predicted octanol–water partition coefficient (Wildman–Crippen LogP) is -0.234. The van der Waals surface area contributed by atoms with Gasteiger partial charge >= 0.3 is 5.69 Å². The number of benzene rings is 1. The molecule has 1 aliphatic rings. The first-order valence-electron chi connectivity index (χ1n) is 5.81. The second-order valence-corrected chi connectivity index (χ2v) is 8.57. The smallest absolute Gasteiger partial charge is 0.312 e. The highest BCUT2D eigenvalue weighted by Gasteiger charge is 2.32. The third kappa shape index (κ3) is 3.49. The quantitative estimate of drug-likeness (QED) is 0.570. The number of phenols is 1. The van der Waals surface area contributed by atoms with Crippen LogP contribution in [0, 0.1) is 10.1 Å². The summed E-state index contributed by atoms with van der Waals surface area (Å²) in [5.41, 5.74) is -0.739. The van der Waals surface area contributed by atoms with Crippen LogP contribution in [0.3, 0.4) is 0 Å². The summed E-state index contributed by atoms with van der Waals surface area (Å²) >= 11 is 0. The highest BCUT2D eigenvalue weighted by atomic mass is 32.2. The summed E-state index contributed by atoms with van der Waals surface area (Å²) in [5.74, 6) is -1.05. The Labute approximate surface area is 120 Å². The van der Waals surface area contributed by atoms with E-state index < -0.39 is 47.2 Å². The van der Waals surface area contributed by atoms with E-state index in [-0.39, 0.29) is 17.9 Å². The monoisotopic (exact) mass is 336 g/mol. The highest BCUT2D eigenvalue weighted by Crippen LogP contribution is 2.28. The lowest BCUT2D eigenvalue weighted by Crippen LogP contribution is -2.35. The molecule has 2 N–H and O–H groups in total. The van der Waals surface area contributed by atoms with E-state index in [4.69, 9.17) is 0 Å². The van der Waals surface area contributed by atoms with Gasteiger partial charge in [-0.2, -0.15) is 0 Å². The summed E-state index contributed by atoms with van der Waals surface area (Å²) in [5, 5.41) is 20.0. The van der Waals surface area contributed by atoms with Gasteiger partial charge in [-0.15, -0.1) is 0 Å². The number of aromatic hydroxyl groups is 1. The maximum Gasteiger partial charge on any atom is 0.312 e. The van der Waals surface area contributed by atoms with Crippen molar-refractivity contribution in [2.24, 2.45) is 0 Å². The van der Waals surface area contributed by atoms with E-state index in [1.54, 1.807) is 0 Å². The van der Waals surface area contributed by atoms with Gasteiger partial charge < -0.3 is 5.11 Å². The number of sulfonamides is 1. The van der Waals surface area contributed by atoms with Crippen LogP contribution in [0.4, 0.5) is 5.69 Å². The molecule has 1 unspecified atom stereocenters. The Kier molecular flexibility index (Phi) is 3.91. The molecule has 1 aromatic rings. The number of hydrogen-bond acceptors (Lipinski definition) is 7. The van der Waals surface area contributed by atoms with E-state index in [1.807, 2.05) is 0 Å². The molecule has 0 spiro atoms. The maximum absolute atomic E-state index is 12.1. The van der Waals surface area contributed by atoms with E-state index in [0.717, 1.165) is 18.2 Å². The Morgan fingerprint density at radius 1 is 1.38 bits per heavy atom. The zero-order chi connectivity index (χ0) is 15.8. The van der Waals surface area contributed by atoms with Crippen molar-refractivity contribution in [2.75, 3.05) is 11.5 Å². The molecule has 11 heteroatoms. The lowest BCUT2D eigenvalue weighted by Gasteiger charge is -2.11. The van der Waals surface area contributed by atoms with Gasteiger partial charge in [0.15, 0.2) is 15.6 Å². The second-order valence-electron chi connectivity index (χ2n) is 4.63. The van der Waals surface area contributed by atoms with E-state index in [0.29, 0.717) is 0 Å². The van der Waals surface area contributed by atoms with E-state index in [9.17, 15) is 32.1 Å². The lowest BCUT2D eigenvalue weighted by molar-refractivity contribution is -0.386. The number of nitro benzene ring substituents is 1. The molecule has 9 nitrogen and oxygen atoms in total. The zero-order valence-corrected chi connectivity index (χ0v) is 12.2. The van der Waals surface area contributed by atoms with Gasteiger partial charge in [-0.3, -0.25) is 10.1 Å². The van der Waals surface area contributed by atoms with Crippen LogP contribution in [0.15, 0.2) is 23.1 Å². The van der Waals surface area contributed by atoms with Crippen molar-refractivity contribution in [3.8, 4) is 5.75 Å². The molecule has 1 aromatic carbocycles. The molecule has 116 valence electrons. The molecule has 0 radical (unpaired) electrons. The van der Waals surface area contributed by atoms with Gasteiger partial charge in [0.2, 0.25) is 10.0 Å². The molecule has 1 heterocycles. The van der Waals surface area contributed by atoms with Crippen LogP contribution >= 0.6 is 0 Å². The van der Waals surface area contributed by atoms with Crippen LogP contribution in [0.25, 0.3) is 0 Å². The SMILES string of the molecule is O=[N+]([O-])c1cc(S(=O)(=O)NC2CCS(=O)(=O)C2)ccc1O. The van der Waals surface area contributed by atoms with Crippen LogP contribution in [0.1, 0.15) is 6.42 Å². The minimum atomic E-state index is -4.10. The standard InChI is InChI=1S/C10H12N2O7S2/c13-10-2-1-8(5-9(10)12(14)15)21(18,19)11-7-3-4-20(16,17)6-7/h1-2,5,7,11,13H,3-4,6H2. The van der Waals surface area contributed by atoms with E-state index >= 15 is 0 Å². The molecular weight excluding hydrogens is 324 g/mol. The lowest BCUT2D eigenvalue weighted by atomic mass is 10.3. The molecule has 0 bridgehead atoms. The van der Waals surface area contributed by atoms with Gasteiger partial charge in [-0.25, -0.2) is 21.6 Å².